The molecule has 2 saturated heterocycles. The minimum absolute atomic E-state index is 0.0607. The van der Waals surface area contributed by atoms with Gasteiger partial charge in [0.1, 0.15) is 5.82 Å². The lowest BCUT2D eigenvalue weighted by Gasteiger charge is -2.34. The van der Waals surface area contributed by atoms with E-state index in [1.54, 1.807) is 6.07 Å². The van der Waals surface area contributed by atoms with E-state index in [4.69, 9.17) is 16.3 Å². The highest BCUT2D eigenvalue weighted by Crippen LogP contribution is 2.19. The third-order valence-electron chi connectivity index (χ3n) is 4.79. The summed E-state index contributed by atoms with van der Waals surface area (Å²) in [6, 6.07) is 4.53. The lowest BCUT2D eigenvalue weighted by atomic mass is 10.2. The summed E-state index contributed by atoms with van der Waals surface area (Å²) in [5, 5.41) is 3.43. The van der Waals surface area contributed by atoms with Crippen LogP contribution in [0, 0.1) is 5.82 Å². The van der Waals surface area contributed by atoms with Gasteiger partial charge in [0.2, 0.25) is 5.91 Å². The zero-order chi connectivity index (χ0) is 17.6. The lowest BCUT2D eigenvalue weighted by Crippen LogP contribution is -2.49. The maximum absolute atomic E-state index is 13.1. The molecule has 2 aliphatic rings. The van der Waals surface area contributed by atoms with Gasteiger partial charge in [0.25, 0.3) is 0 Å². The molecule has 1 aromatic carbocycles. The molecule has 7 heteroatoms. The van der Waals surface area contributed by atoms with Crippen LogP contribution in [0.4, 0.5) is 4.39 Å². The lowest BCUT2D eigenvalue weighted by molar-refractivity contribution is -0.123. The van der Waals surface area contributed by atoms with Gasteiger partial charge in [-0.15, -0.1) is 0 Å². The molecule has 138 valence electrons. The molecular formula is C18H25ClFN3O2. The van der Waals surface area contributed by atoms with Gasteiger partial charge in [-0.05, 0) is 30.5 Å². The fraction of sp³-hybridized carbons (Fsp3) is 0.611. The monoisotopic (exact) mass is 369 g/mol. The van der Waals surface area contributed by atoms with Crippen LogP contribution in [-0.4, -0.2) is 67.7 Å². The van der Waals surface area contributed by atoms with Crippen molar-refractivity contribution in [2.45, 2.75) is 25.5 Å². The van der Waals surface area contributed by atoms with E-state index in [9.17, 15) is 9.18 Å². The van der Waals surface area contributed by atoms with E-state index >= 15 is 0 Å². The quantitative estimate of drug-likeness (QED) is 0.831. The summed E-state index contributed by atoms with van der Waals surface area (Å²) < 4.78 is 18.6. The number of amides is 1. The van der Waals surface area contributed by atoms with Crippen molar-refractivity contribution in [1.29, 1.82) is 0 Å². The molecule has 2 fully saturated rings. The Labute approximate surface area is 153 Å². The Bertz CT molecular complexity index is 588. The van der Waals surface area contributed by atoms with Gasteiger partial charge in [0, 0.05) is 50.9 Å². The van der Waals surface area contributed by atoms with E-state index in [1.807, 2.05) is 0 Å². The highest BCUT2D eigenvalue weighted by atomic mass is 35.5. The van der Waals surface area contributed by atoms with Gasteiger partial charge >= 0.3 is 0 Å². The molecule has 0 bridgehead atoms. The Hall–Kier alpha value is -1.21. The first-order valence-corrected chi connectivity index (χ1v) is 9.25. The first-order chi connectivity index (χ1) is 12.1. The second-order valence-electron chi connectivity index (χ2n) is 6.73. The van der Waals surface area contributed by atoms with Gasteiger partial charge in [0.05, 0.1) is 12.6 Å². The van der Waals surface area contributed by atoms with Crippen molar-refractivity contribution in [3.8, 4) is 0 Å². The van der Waals surface area contributed by atoms with Gasteiger partial charge in [-0.2, -0.15) is 0 Å². The molecule has 5 nitrogen and oxygen atoms in total. The number of nitrogens with zero attached hydrogens (tertiary/aromatic N) is 2. The smallest absolute Gasteiger partial charge is 0.234 e. The standard InChI is InChI=1S/C18H25ClFN3O2/c19-17-10-15(20)4-3-14(17)12-22-5-7-23(8-6-22)13-18(24)21-11-16-2-1-9-25-16/h3-4,10,16H,1-2,5-9,11-13H2,(H,21,24)/t16-/m1/s1. The number of carbonyl (C=O) groups is 1. The third kappa shape index (κ3) is 5.64. The Kier molecular flexibility index (Phi) is 6.64. The maximum atomic E-state index is 13.1. The molecule has 0 aromatic heterocycles. The number of rotatable bonds is 6. The van der Waals surface area contributed by atoms with Crippen LogP contribution in [0.2, 0.25) is 5.02 Å². The number of carbonyl (C=O) groups excluding carboxylic acids is 1. The molecule has 2 heterocycles. The van der Waals surface area contributed by atoms with E-state index in [-0.39, 0.29) is 17.8 Å². The van der Waals surface area contributed by atoms with Crippen LogP contribution in [0.25, 0.3) is 0 Å². The Morgan fingerprint density at radius 2 is 2.04 bits per heavy atom. The molecule has 0 radical (unpaired) electrons. The number of benzene rings is 1. The van der Waals surface area contributed by atoms with Crippen molar-refractivity contribution in [1.82, 2.24) is 15.1 Å². The molecule has 3 rings (SSSR count). The molecule has 25 heavy (non-hydrogen) atoms. The first kappa shape index (κ1) is 18.6. The predicted molar refractivity (Wildman–Crippen MR) is 95.1 cm³/mol. The minimum Gasteiger partial charge on any atom is -0.376 e. The molecule has 0 unspecified atom stereocenters. The highest BCUT2D eigenvalue weighted by molar-refractivity contribution is 6.31. The van der Waals surface area contributed by atoms with Crippen LogP contribution in [0.1, 0.15) is 18.4 Å². The second kappa shape index (κ2) is 8.94. The topological polar surface area (TPSA) is 44.8 Å². The SMILES string of the molecule is O=C(CN1CCN(Cc2ccc(F)cc2Cl)CC1)NC[C@H]1CCCO1. The van der Waals surface area contributed by atoms with Gasteiger partial charge in [-0.1, -0.05) is 17.7 Å². The molecule has 1 N–H and O–H groups in total. The fourth-order valence-electron chi connectivity index (χ4n) is 3.29. The van der Waals surface area contributed by atoms with Crippen LogP contribution in [0.3, 0.4) is 0 Å². The Balaban J connectivity index is 1.37. The number of nitrogens with one attached hydrogen (secondary N) is 1. The van der Waals surface area contributed by atoms with Gasteiger partial charge in [-0.3, -0.25) is 14.6 Å². The highest BCUT2D eigenvalue weighted by Gasteiger charge is 2.21. The van der Waals surface area contributed by atoms with E-state index in [0.717, 1.165) is 51.2 Å². The molecule has 0 aliphatic carbocycles. The van der Waals surface area contributed by atoms with Crippen molar-refractivity contribution in [2.24, 2.45) is 0 Å². The van der Waals surface area contributed by atoms with E-state index in [0.29, 0.717) is 24.7 Å². The van der Waals surface area contributed by atoms with Crippen molar-refractivity contribution < 1.29 is 13.9 Å². The van der Waals surface area contributed by atoms with Gasteiger partial charge in [-0.25, -0.2) is 4.39 Å². The summed E-state index contributed by atoms with van der Waals surface area (Å²) in [6.07, 6.45) is 2.30. The van der Waals surface area contributed by atoms with E-state index in [1.165, 1.54) is 12.1 Å². The summed E-state index contributed by atoms with van der Waals surface area (Å²) in [5.74, 6) is -0.252. The Morgan fingerprint density at radius 3 is 2.72 bits per heavy atom. The van der Waals surface area contributed by atoms with Gasteiger partial charge < -0.3 is 10.1 Å². The normalized spacial score (nSPS) is 22.2. The van der Waals surface area contributed by atoms with Crippen LogP contribution in [-0.2, 0) is 16.1 Å². The van der Waals surface area contributed by atoms with Crippen LogP contribution in [0.15, 0.2) is 18.2 Å². The summed E-state index contributed by atoms with van der Waals surface area (Å²) in [5.41, 5.74) is 0.936. The van der Waals surface area contributed by atoms with Gasteiger partial charge in [0.15, 0.2) is 0 Å². The summed E-state index contributed by atoms with van der Waals surface area (Å²) in [6.45, 7) is 5.97. The van der Waals surface area contributed by atoms with E-state index < -0.39 is 0 Å². The maximum Gasteiger partial charge on any atom is 0.234 e. The van der Waals surface area contributed by atoms with Crippen molar-refractivity contribution in [2.75, 3.05) is 45.9 Å². The third-order valence-corrected chi connectivity index (χ3v) is 5.14. The van der Waals surface area contributed by atoms with Crippen molar-refractivity contribution in [3.05, 3.63) is 34.6 Å². The minimum atomic E-state index is -0.312. The number of hydrogen-bond acceptors (Lipinski definition) is 4. The molecule has 0 spiro atoms. The average Bonchev–Trinajstić information content (AvgIpc) is 3.11. The zero-order valence-corrected chi connectivity index (χ0v) is 15.1. The molecular weight excluding hydrogens is 345 g/mol. The fourth-order valence-corrected chi connectivity index (χ4v) is 3.52. The molecule has 0 saturated carbocycles. The summed E-state index contributed by atoms with van der Waals surface area (Å²) in [4.78, 5) is 16.5. The Morgan fingerprint density at radius 1 is 1.28 bits per heavy atom. The summed E-state index contributed by atoms with van der Waals surface area (Å²) in [7, 11) is 0. The molecule has 1 amide bonds. The van der Waals surface area contributed by atoms with Crippen LogP contribution < -0.4 is 5.32 Å². The number of ether oxygens (including phenoxy) is 1. The van der Waals surface area contributed by atoms with Crippen molar-refractivity contribution >= 4 is 17.5 Å². The number of hydrogen-bond donors (Lipinski definition) is 1. The number of halogens is 2. The first-order valence-electron chi connectivity index (χ1n) is 8.87. The zero-order valence-electron chi connectivity index (χ0n) is 14.3. The second-order valence-corrected chi connectivity index (χ2v) is 7.13. The molecule has 1 atom stereocenters. The molecule has 1 aromatic rings. The summed E-state index contributed by atoms with van der Waals surface area (Å²) >= 11 is 6.09. The van der Waals surface area contributed by atoms with E-state index in [2.05, 4.69) is 15.1 Å². The predicted octanol–water partition coefficient (Wildman–Crippen LogP) is 1.89. The number of piperazine rings is 1. The average molecular weight is 370 g/mol. The van der Waals surface area contributed by atoms with Crippen LogP contribution in [0.5, 0.6) is 0 Å². The largest absolute Gasteiger partial charge is 0.376 e. The molecule has 2 aliphatic heterocycles. The van der Waals surface area contributed by atoms with Crippen LogP contribution >= 0.6 is 11.6 Å². The van der Waals surface area contributed by atoms with Crippen molar-refractivity contribution in [3.63, 3.8) is 0 Å².